The summed E-state index contributed by atoms with van der Waals surface area (Å²) in [6.45, 7) is 1.94. The molecule has 146 valence electrons. The van der Waals surface area contributed by atoms with Gasteiger partial charge in [0.2, 0.25) is 0 Å². The summed E-state index contributed by atoms with van der Waals surface area (Å²) in [5.41, 5.74) is 27.0. The molecule has 0 bridgehead atoms. The molecule has 0 unspecified atom stereocenters. The van der Waals surface area contributed by atoms with Crippen LogP contribution in [0.25, 0.3) is 31.9 Å². The molecule has 0 aliphatic carbocycles. The standard InChI is InChI=1S/2C5H5N.2C2H4O2.2N3.Pt/c2*1-2-4-6-5-3-1;2*1-2(3)4;2*1-3-2;/h2*1-5H;2*1H3,(H,3,4);;;/q;;;;2*-1;+4/p-2. The van der Waals surface area contributed by atoms with E-state index in [0.717, 1.165) is 13.8 Å². The smallest absolute Gasteiger partial charge is 0.550 e. The maximum atomic E-state index is 8.89. The third-order valence-corrected chi connectivity index (χ3v) is 1.13. The van der Waals surface area contributed by atoms with Crippen molar-refractivity contribution in [2.45, 2.75) is 13.8 Å². The molecule has 2 aromatic rings. The van der Waals surface area contributed by atoms with E-state index in [4.69, 9.17) is 41.9 Å². The van der Waals surface area contributed by atoms with Crippen molar-refractivity contribution in [1.82, 2.24) is 9.97 Å². The predicted octanol–water partition coefficient (Wildman–Crippen LogP) is 1.41. The van der Waals surface area contributed by atoms with Gasteiger partial charge in [-0.15, -0.1) is 0 Å². The van der Waals surface area contributed by atoms with Gasteiger partial charge in [-0.1, -0.05) is 12.1 Å². The Bertz CT molecular complexity index is 488. The summed E-state index contributed by atoms with van der Waals surface area (Å²) < 4.78 is 0. The molecule has 0 saturated heterocycles. The normalized spacial score (nSPS) is 6.00. The zero-order valence-electron chi connectivity index (χ0n) is 14.3. The van der Waals surface area contributed by atoms with Crippen molar-refractivity contribution < 1.29 is 40.9 Å². The van der Waals surface area contributed by atoms with E-state index >= 15 is 0 Å². The quantitative estimate of drug-likeness (QED) is 0.265. The summed E-state index contributed by atoms with van der Waals surface area (Å²) in [5.74, 6) is -2.17. The minimum atomic E-state index is -1.08. The molecule has 0 amide bonds. The number of carbonyl (C=O) groups is 2. The number of aliphatic carboxylic acids is 2. The number of rotatable bonds is 0. The topological polar surface area (TPSA) is 223 Å². The molecule has 0 radical (unpaired) electrons. The van der Waals surface area contributed by atoms with Gasteiger partial charge in [0.15, 0.2) is 0 Å². The molecule has 0 N–H and O–H groups in total. The first-order valence-electron chi connectivity index (χ1n) is 6.32. The van der Waals surface area contributed by atoms with Crippen LogP contribution in [0.3, 0.4) is 0 Å². The molecule has 27 heavy (non-hydrogen) atoms. The molecule has 2 rings (SSSR count). The average Bonchev–Trinajstić information content (AvgIpc) is 2.59. The van der Waals surface area contributed by atoms with E-state index in [2.05, 4.69) is 9.97 Å². The van der Waals surface area contributed by atoms with Crippen molar-refractivity contribution >= 4 is 11.9 Å². The van der Waals surface area contributed by atoms with E-state index in [-0.39, 0.29) is 21.1 Å². The Kier molecular flexibility index (Phi) is 49.3. The Labute approximate surface area is 170 Å². The van der Waals surface area contributed by atoms with Gasteiger partial charge in [-0.05, 0) is 38.1 Å². The van der Waals surface area contributed by atoms with E-state index in [1.807, 2.05) is 36.4 Å². The summed E-state index contributed by atoms with van der Waals surface area (Å²) in [6.07, 6.45) is 7.00. The predicted molar refractivity (Wildman–Crippen MR) is 90.0 cm³/mol. The number of hydrogen-bond acceptors (Lipinski definition) is 6. The SMILES string of the molecule is CC(=O)[O-].CC(=O)[O-].[N-]=[N+]=[N-].[N-]=[N+]=[N-].[Pt+4].c1ccncc1.c1ccncc1. The Morgan fingerprint density at radius 2 is 0.815 bits per heavy atom. The molecule has 0 atom stereocenters. The van der Waals surface area contributed by atoms with E-state index in [1.165, 1.54) is 9.82 Å². The zero-order valence-corrected chi connectivity index (χ0v) is 16.6. The molecule has 13 heteroatoms. The van der Waals surface area contributed by atoms with Crippen LogP contribution in [-0.4, -0.2) is 21.9 Å². The van der Waals surface area contributed by atoms with Gasteiger partial charge in [-0.25, -0.2) is 0 Å². The Hall–Kier alpha value is -3.45. The van der Waals surface area contributed by atoms with Crippen LogP contribution >= 0.6 is 0 Å². The van der Waals surface area contributed by atoms with Crippen LogP contribution in [0.4, 0.5) is 0 Å². The first-order valence-corrected chi connectivity index (χ1v) is 6.32. The van der Waals surface area contributed by atoms with Crippen LogP contribution in [0, 0.1) is 0 Å². The number of nitrogens with zero attached hydrogens (tertiary/aromatic N) is 8. The number of carboxylic acid groups (broad SMARTS) is 2. The summed E-state index contributed by atoms with van der Waals surface area (Å²) in [6, 6.07) is 11.4. The molecule has 0 saturated carbocycles. The average molecular weight is 555 g/mol. The van der Waals surface area contributed by atoms with Gasteiger partial charge in [0, 0.05) is 36.7 Å². The van der Waals surface area contributed by atoms with Crippen LogP contribution in [0.15, 0.2) is 61.2 Å². The molecular formula is C14H16N8O4Pt. The van der Waals surface area contributed by atoms with Crippen molar-refractivity contribution in [3.05, 3.63) is 93.1 Å². The van der Waals surface area contributed by atoms with Gasteiger partial charge < -0.3 is 41.9 Å². The van der Waals surface area contributed by atoms with E-state index in [1.54, 1.807) is 24.8 Å². The summed E-state index contributed by atoms with van der Waals surface area (Å²) in [5, 5.41) is 17.8. The van der Waals surface area contributed by atoms with Crippen LogP contribution in [0.1, 0.15) is 13.8 Å². The van der Waals surface area contributed by atoms with Crippen LogP contribution in [0.2, 0.25) is 0 Å². The second-order valence-corrected chi connectivity index (χ2v) is 3.21. The molecule has 0 aromatic carbocycles. The Balaban J connectivity index is -0.0000000733. The first kappa shape index (κ1) is 34.8. The molecule has 2 heterocycles. The monoisotopic (exact) mass is 555 g/mol. The second kappa shape index (κ2) is 38.2. The maximum Gasteiger partial charge on any atom is 4.00 e. The van der Waals surface area contributed by atoms with Crippen LogP contribution in [-0.2, 0) is 30.7 Å². The molecule has 0 aliphatic heterocycles. The van der Waals surface area contributed by atoms with Gasteiger partial charge in [0.25, 0.3) is 0 Å². The van der Waals surface area contributed by atoms with Crippen molar-refractivity contribution in [2.24, 2.45) is 0 Å². The number of aromatic nitrogens is 2. The minimum Gasteiger partial charge on any atom is -0.550 e. The summed E-state index contributed by atoms with van der Waals surface area (Å²) in [4.78, 5) is 28.3. The molecule has 0 aliphatic rings. The van der Waals surface area contributed by atoms with Crippen molar-refractivity contribution in [3.63, 3.8) is 0 Å². The first-order chi connectivity index (χ1) is 12.3. The van der Waals surface area contributed by atoms with Gasteiger partial charge >= 0.3 is 21.1 Å². The summed E-state index contributed by atoms with van der Waals surface area (Å²) >= 11 is 0. The third-order valence-electron chi connectivity index (χ3n) is 1.13. The third kappa shape index (κ3) is 130. The number of carbonyl (C=O) groups excluding carboxylic acids is 2. The number of pyridine rings is 2. The van der Waals surface area contributed by atoms with E-state index in [0.29, 0.717) is 0 Å². The zero-order chi connectivity index (χ0) is 21.1. The van der Waals surface area contributed by atoms with E-state index in [9.17, 15) is 0 Å². The molecule has 2 aromatic heterocycles. The Morgan fingerprint density at radius 3 is 0.852 bits per heavy atom. The molecular weight excluding hydrogens is 539 g/mol. The second-order valence-electron chi connectivity index (χ2n) is 3.21. The van der Waals surface area contributed by atoms with Crippen LogP contribution < -0.4 is 10.2 Å². The van der Waals surface area contributed by atoms with Crippen LogP contribution in [0.5, 0.6) is 0 Å². The minimum absolute atomic E-state index is 0. The number of hydrogen-bond donors (Lipinski definition) is 0. The molecule has 0 fully saturated rings. The largest absolute Gasteiger partial charge is 4.00 e. The van der Waals surface area contributed by atoms with E-state index < -0.39 is 11.9 Å². The maximum absolute atomic E-state index is 8.89. The summed E-state index contributed by atoms with van der Waals surface area (Å²) in [7, 11) is 0. The van der Waals surface area contributed by atoms with Crippen molar-refractivity contribution in [3.8, 4) is 0 Å². The molecule has 0 spiro atoms. The van der Waals surface area contributed by atoms with Gasteiger partial charge in [0.1, 0.15) is 0 Å². The fourth-order valence-electron chi connectivity index (χ4n) is 0.625. The fraction of sp³-hybridized carbons (Fsp3) is 0.143. The van der Waals surface area contributed by atoms with Gasteiger partial charge in [-0.3, -0.25) is 19.8 Å². The van der Waals surface area contributed by atoms with Gasteiger partial charge in [-0.2, -0.15) is 0 Å². The fourth-order valence-corrected chi connectivity index (χ4v) is 0.625. The van der Waals surface area contributed by atoms with Crippen molar-refractivity contribution in [1.29, 1.82) is 0 Å². The van der Waals surface area contributed by atoms with Gasteiger partial charge in [0.05, 0.1) is 0 Å². The Morgan fingerprint density at radius 1 is 0.667 bits per heavy atom. The molecule has 12 nitrogen and oxygen atoms in total. The van der Waals surface area contributed by atoms with Crippen molar-refractivity contribution in [2.75, 3.05) is 0 Å². The number of carboxylic acids is 2.